The number of aromatic amines is 1. The van der Waals surface area contributed by atoms with Crippen molar-refractivity contribution >= 4 is 11.6 Å². The highest BCUT2D eigenvalue weighted by Gasteiger charge is 2.44. The number of amides is 1. The Morgan fingerprint density at radius 1 is 1.13 bits per heavy atom. The van der Waals surface area contributed by atoms with Crippen molar-refractivity contribution in [1.82, 2.24) is 9.55 Å². The Hall–Kier alpha value is -2.67. The second-order valence-electron chi connectivity index (χ2n) is 10.6. The summed E-state index contributed by atoms with van der Waals surface area (Å²) in [6.07, 6.45) is 2.25. The lowest BCUT2D eigenvalue weighted by Crippen LogP contribution is -2.36. The molecule has 1 aromatic carbocycles. The lowest BCUT2D eigenvalue weighted by molar-refractivity contribution is -0.0342. The van der Waals surface area contributed by atoms with E-state index in [0.717, 1.165) is 6.42 Å². The zero-order valence-corrected chi connectivity index (χ0v) is 19.2. The molecule has 2 heterocycles. The van der Waals surface area contributed by atoms with Crippen molar-refractivity contribution in [2.75, 3.05) is 5.32 Å². The van der Waals surface area contributed by atoms with Crippen LogP contribution in [0.3, 0.4) is 0 Å². The topological polar surface area (TPSA) is 93.2 Å². The summed E-state index contributed by atoms with van der Waals surface area (Å²) in [7, 11) is 0. The number of ether oxygens (including phenoxy) is 1. The molecule has 1 saturated heterocycles. The molecule has 1 aliphatic heterocycles. The van der Waals surface area contributed by atoms with Gasteiger partial charge in [0.25, 0.3) is 11.5 Å². The van der Waals surface area contributed by atoms with Crippen LogP contribution in [0.25, 0.3) is 0 Å². The Bertz CT molecular complexity index is 1040. The Morgan fingerprint density at radius 2 is 1.77 bits per heavy atom. The van der Waals surface area contributed by atoms with Crippen LogP contribution in [0, 0.1) is 16.7 Å². The van der Waals surface area contributed by atoms with Crippen LogP contribution in [0.4, 0.5) is 5.69 Å². The van der Waals surface area contributed by atoms with E-state index < -0.39 is 23.4 Å². The molecule has 7 heteroatoms. The lowest BCUT2D eigenvalue weighted by Gasteiger charge is -2.33. The summed E-state index contributed by atoms with van der Waals surface area (Å²) in [4.78, 5) is 39.9. The smallest absolute Gasteiger partial charge is 0.330 e. The maximum Gasteiger partial charge on any atom is 0.330 e. The summed E-state index contributed by atoms with van der Waals surface area (Å²) in [6, 6.07) is 8.87. The first-order chi connectivity index (χ1) is 14.3. The number of aromatic nitrogens is 2. The van der Waals surface area contributed by atoms with E-state index in [9.17, 15) is 14.4 Å². The molecule has 1 amide bonds. The number of rotatable bonds is 4. The van der Waals surface area contributed by atoms with Crippen molar-refractivity contribution in [3.8, 4) is 0 Å². The van der Waals surface area contributed by atoms with E-state index in [-0.39, 0.29) is 28.4 Å². The summed E-state index contributed by atoms with van der Waals surface area (Å²) in [5, 5.41) is 2.69. The first-order valence-electron chi connectivity index (χ1n) is 10.7. The summed E-state index contributed by atoms with van der Waals surface area (Å²) in [5.41, 5.74) is -0.788. The predicted molar refractivity (Wildman–Crippen MR) is 121 cm³/mol. The van der Waals surface area contributed by atoms with E-state index in [1.54, 1.807) is 24.3 Å². The zero-order valence-electron chi connectivity index (χ0n) is 19.2. The van der Waals surface area contributed by atoms with E-state index in [2.05, 4.69) is 51.8 Å². The number of carbonyl (C=O) groups is 1. The molecule has 0 spiro atoms. The van der Waals surface area contributed by atoms with Gasteiger partial charge in [0.1, 0.15) is 11.8 Å². The Balaban J connectivity index is 1.92. The molecule has 1 aliphatic rings. The van der Waals surface area contributed by atoms with Crippen LogP contribution in [0.15, 0.2) is 46.1 Å². The zero-order chi connectivity index (χ0) is 23.0. The molecule has 2 aromatic rings. The number of hydrogen-bond acceptors (Lipinski definition) is 4. The van der Waals surface area contributed by atoms with Crippen LogP contribution < -0.4 is 16.6 Å². The van der Waals surface area contributed by atoms with Crippen LogP contribution in [-0.2, 0) is 4.74 Å². The number of carbonyl (C=O) groups excluding carboxylic acids is 1. The standard InChI is InChI=1S/C24H33N3O4/c1-23(2,3)13-18-17(24(4,5)6)12-19(31-18)27-14-16(21(29)26-22(27)30)20(28)25-15-10-8-7-9-11-15/h7-11,14,17-19H,12-13H2,1-6H3,(H,25,28)(H,26,29,30)/t17?,18-,19-/m1/s1. The molecular weight excluding hydrogens is 394 g/mol. The summed E-state index contributed by atoms with van der Waals surface area (Å²) in [5.74, 6) is -0.338. The first kappa shape index (κ1) is 23.0. The molecule has 0 saturated carbocycles. The molecule has 0 aliphatic carbocycles. The Kier molecular flexibility index (Phi) is 6.28. The molecule has 1 unspecified atom stereocenters. The SMILES string of the molecule is CC(C)(C)C[C@H]1O[C@@H](n2cc(C(=O)Nc3ccccc3)c(=O)[nH]c2=O)CC1C(C)(C)C. The molecule has 1 fully saturated rings. The molecule has 2 N–H and O–H groups in total. The Morgan fingerprint density at radius 3 is 2.35 bits per heavy atom. The van der Waals surface area contributed by atoms with Gasteiger partial charge in [0.2, 0.25) is 0 Å². The highest BCUT2D eigenvalue weighted by atomic mass is 16.5. The molecule has 1 aromatic heterocycles. The van der Waals surface area contributed by atoms with Crippen molar-refractivity contribution in [1.29, 1.82) is 0 Å². The maximum atomic E-state index is 12.7. The third-order valence-corrected chi connectivity index (χ3v) is 5.72. The van der Waals surface area contributed by atoms with E-state index in [1.807, 2.05) is 6.07 Å². The van der Waals surface area contributed by atoms with Crippen LogP contribution in [0.5, 0.6) is 0 Å². The van der Waals surface area contributed by atoms with Crippen molar-refractivity contribution in [3.05, 3.63) is 62.9 Å². The fraction of sp³-hybridized carbons (Fsp3) is 0.542. The minimum absolute atomic E-state index is 0.00994. The Labute approximate surface area is 182 Å². The number of anilines is 1. The van der Waals surface area contributed by atoms with Crippen molar-refractivity contribution in [2.45, 2.75) is 66.7 Å². The van der Waals surface area contributed by atoms with Crippen molar-refractivity contribution in [2.24, 2.45) is 16.7 Å². The second-order valence-corrected chi connectivity index (χ2v) is 10.6. The molecule has 7 nitrogen and oxygen atoms in total. The fourth-order valence-electron chi connectivity index (χ4n) is 4.19. The van der Waals surface area contributed by atoms with Crippen molar-refractivity contribution < 1.29 is 9.53 Å². The number of benzene rings is 1. The van der Waals surface area contributed by atoms with Crippen LogP contribution in [-0.4, -0.2) is 21.6 Å². The van der Waals surface area contributed by atoms with Gasteiger partial charge in [0.05, 0.1) is 6.10 Å². The first-order valence-corrected chi connectivity index (χ1v) is 10.7. The monoisotopic (exact) mass is 427 g/mol. The molecule has 0 bridgehead atoms. The van der Waals surface area contributed by atoms with Gasteiger partial charge in [0.15, 0.2) is 0 Å². The highest BCUT2D eigenvalue weighted by molar-refractivity contribution is 6.03. The number of para-hydroxylation sites is 1. The van der Waals surface area contributed by atoms with Crippen LogP contribution in [0.1, 0.15) is 71.0 Å². The van der Waals surface area contributed by atoms with Gasteiger partial charge in [0, 0.05) is 11.9 Å². The molecule has 168 valence electrons. The van der Waals surface area contributed by atoms with Gasteiger partial charge in [-0.1, -0.05) is 59.7 Å². The van der Waals surface area contributed by atoms with E-state index >= 15 is 0 Å². The van der Waals surface area contributed by atoms with Crippen molar-refractivity contribution in [3.63, 3.8) is 0 Å². The number of nitrogens with one attached hydrogen (secondary N) is 2. The molecular formula is C24H33N3O4. The predicted octanol–water partition coefficient (Wildman–Crippen LogP) is 4.17. The van der Waals surface area contributed by atoms with Gasteiger partial charge in [-0.2, -0.15) is 0 Å². The van der Waals surface area contributed by atoms with Crippen LogP contribution >= 0.6 is 0 Å². The van der Waals surface area contributed by atoms with E-state index in [4.69, 9.17) is 4.74 Å². The minimum atomic E-state index is -0.716. The average Bonchev–Trinajstić information content (AvgIpc) is 3.04. The second kappa shape index (κ2) is 8.46. The third-order valence-electron chi connectivity index (χ3n) is 5.72. The minimum Gasteiger partial charge on any atom is -0.354 e. The summed E-state index contributed by atoms with van der Waals surface area (Å²) >= 11 is 0. The fourth-order valence-corrected chi connectivity index (χ4v) is 4.19. The van der Waals surface area contributed by atoms with Gasteiger partial charge in [-0.05, 0) is 41.7 Å². The van der Waals surface area contributed by atoms with E-state index in [1.165, 1.54) is 10.8 Å². The average molecular weight is 428 g/mol. The third kappa shape index (κ3) is 5.53. The quantitative estimate of drug-likeness (QED) is 0.766. The highest BCUT2D eigenvalue weighted by Crippen LogP contribution is 2.46. The lowest BCUT2D eigenvalue weighted by atomic mass is 9.73. The van der Waals surface area contributed by atoms with Gasteiger partial charge >= 0.3 is 5.69 Å². The molecule has 3 atom stereocenters. The molecule has 0 radical (unpaired) electrons. The van der Waals surface area contributed by atoms with Gasteiger partial charge in [-0.3, -0.25) is 19.1 Å². The van der Waals surface area contributed by atoms with Crippen LogP contribution in [0.2, 0.25) is 0 Å². The van der Waals surface area contributed by atoms with Gasteiger partial charge < -0.3 is 10.1 Å². The molecule has 31 heavy (non-hydrogen) atoms. The summed E-state index contributed by atoms with van der Waals surface area (Å²) in [6.45, 7) is 13.0. The largest absolute Gasteiger partial charge is 0.354 e. The maximum absolute atomic E-state index is 12.7. The number of hydrogen-bond donors (Lipinski definition) is 2. The number of H-pyrrole nitrogens is 1. The normalized spacial score (nSPS) is 21.8. The van der Waals surface area contributed by atoms with Gasteiger partial charge in [-0.15, -0.1) is 0 Å². The number of nitrogens with zero attached hydrogens (tertiary/aromatic N) is 1. The van der Waals surface area contributed by atoms with Gasteiger partial charge in [-0.25, -0.2) is 4.79 Å². The van der Waals surface area contributed by atoms with E-state index in [0.29, 0.717) is 12.1 Å². The molecule has 3 rings (SSSR count). The summed E-state index contributed by atoms with van der Waals surface area (Å²) < 4.78 is 7.70.